The summed E-state index contributed by atoms with van der Waals surface area (Å²) in [4.78, 5) is 18.8. The van der Waals surface area contributed by atoms with E-state index in [1.54, 1.807) is 6.07 Å². The molecule has 1 aromatic heterocycles. The number of aromatic nitrogens is 1. The quantitative estimate of drug-likeness (QED) is 0.596. The Morgan fingerprint density at radius 1 is 1.10 bits per heavy atom. The van der Waals surface area contributed by atoms with Crippen molar-refractivity contribution in [2.75, 3.05) is 23.3 Å². The third-order valence-corrected chi connectivity index (χ3v) is 4.76. The smallest absolute Gasteiger partial charge is 0.426 e. The van der Waals surface area contributed by atoms with E-state index in [4.69, 9.17) is 0 Å². The average Bonchev–Trinajstić information content (AvgIpc) is 3.16. The van der Waals surface area contributed by atoms with Crippen LogP contribution in [0.2, 0.25) is 0 Å². The number of hydrogen-bond donors (Lipinski definition) is 1. The molecule has 0 radical (unpaired) electrons. The molecule has 0 aliphatic carbocycles. The molecule has 0 bridgehead atoms. The largest absolute Gasteiger partial charge is 0.499 e. The number of anilines is 2. The Morgan fingerprint density at radius 3 is 2.28 bits per heavy atom. The molecule has 0 spiro atoms. The van der Waals surface area contributed by atoms with Crippen molar-refractivity contribution < 1.29 is 31.5 Å². The molecule has 11 heteroatoms. The number of pyridine rings is 1. The number of halogens is 6. The van der Waals surface area contributed by atoms with Crippen molar-refractivity contribution in [2.45, 2.75) is 25.1 Å². The van der Waals surface area contributed by atoms with Gasteiger partial charge in [-0.3, -0.25) is 4.79 Å². The fourth-order valence-electron chi connectivity index (χ4n) is 2.73. The van der Waals surface area contributed by atoms with Gasteiger partial charge in [0.05, 0.1) is 10.0 Å². The van der Waals surface area contributed by atoms with Crippen LogP contribution in [0.5, 0.6) is 5.75 Å². The molecule has 0 atom stereocenters. The lowest BCUT2D eigenvalue weighted by Crippen LogP contribution is -2.41. The zero-order valence-electron chi connectivity index (χ0n) is 14.8. The fraction of sp³-hybridized carbons (Fsp3) is 0.333. The molecule has 1 amide bonds. The summed E-state index contributed by atoms with van der Waals surface area (Å²) in [7, 11) is 0. The molecule has 0 saturated carbocycles. The first-order valence-electron chi connectivity index (χ1n) is 8.52. The standard InChI is InChI=1S/C18H15BrF5N3O2/c19-14-9-11(10-25-15(14)27-7-1-2-8-27)16(28)26-12-3-5-13(6-4-12)29-18(23,24)17(20,21)22/h3-6,9-10H,1-2,7-8H2,(H,26,28). The molecule has 3 rings (SSSR count). The number of benzene rings is 1. The average molecular weight is 480 g/mol. The van der Waals surface area contributed by atoms with Gasteiger partial charge < -0.3 is 15.0 Å². The molecule has 2 heterocycles. The normalized spacial score (nSPS) is 14.8. The van der Waals surface area contributed by atoms with Gasteiger partial charge in [0.25, 0.3) is 5.91 Å². The van der Waals surface area contributed by atoms with E-state index < -0.39 is 23.9 Å². The van der Waals surface area contributed by atoms with Crippen molar-refractivity contribution >= 4 is 33.3 Å². The molecule has 1 aromatic carbocycles. The highest BCUT2D eigenvalue weighted by Crippen LogP contribution is 2.37. The molecular formula is C18H15BrF5N3O2. The lowest BCUT2D eigenvalue weighted by Gasteiger charge is -2.20. The number of amides is 1. The zero-order chi connectivity index (χ0) is 21.2. The predicted octanol–water partition coefficient (Wildman–Crippen LogP) is 5.23. The Bertz CT molecular complexity index is 884. The topological polar surface area (TPSA) is 54.5 Å². The van der Waals surface area contributed by atoms with E-state index in [0.29, 0.717) is 4.47 Å². The SMILES string of the molecule is O=C(Nc1ccc(OC(F)(F)C(F)(F)F)cc1)c1cnc(N2CCCC2)c(Br)c1. The summed E-state index contributed by atoms with van der Waals surface area (Å²) < 4.78 is 66.7. The second-order valence-corrected chi connectivity index (χ2v) is 7.17. The minimum absolute atomic E-state index is 0.192. The van der Waals surface area contributed by atoms with Gasteiger partial charge in [-0.25, -0.2) is 4.98 Å². The van der Waals surface area contributed by atoms with E-state index in [-0.39, 0.29) is 11.3 Å². The Kier molecular flexibility index (Phi) is 5.97. The van der Waals surface area contributed by atoms with Crippen molar-refractivity contribution in [2.24, 2.45) is 0 Å². The minimum Gasteiger partial charge on any atom is -0.426 e. The van der Waals surface area contributed by atoms with Crippen LogP contribution in [0.1, 0.15) is 23.2 Å². The molecule has 29 heavy (non-hydrogen) atoms. The molecule has 5 nitrogen and oxygen atoms in total. The highest BCUT2D eigenvalue weighted by Gasteiger charge is 2.61. The van der Waals surface area contributed by atoms with Crippen molar-refractivity contribution in [1.29, 1.82) is 0 Å². The van der Waals surface area contributed by atoms with E-state index in [1.165, 1.54) is 6.20 Å². The van der Waals surface area contributed by atoms with Gasteiger partial charge in [-0.1, -0.05) is 0 Å². The lowest BCUT2D eigenvalue weighted by atomic mass is 10.2. The van der Waals surface area contributed by atoms with Crippen LogP contribution in [0.15, 0.2) is 41.0 Å². The first-order chi connectivity index (χ1) is 13.6. The van der Waals surface area contributed by atoms with Gasteiger partial charge in [-0.2, -0.15) is 22.0 Å². The minimum atomic E-state index is -5.83. The number of carbonyl (C=O) groups excluding carboxylic acids is 1. The van der Waals surface area contributed by atoms with E-state index in [9.17, 15) is 26.7 Å². The summed E-state index contributed by atoms with van der Waals surface area (Å²) >= 11 is 3.40. The summed E-state index contributed by atoms with van der Waals surface area (Å²) in [6.45, 7) is 1.78. The molecule has 1 aliphatic rings. The summed E-state index contributed by atoms with van der Waals surface area (Å²) in [6, 6.07) is 5.72. The lowest BCUT2D eigenvalue weighted by molar-refractivity contribution is -0.360. The maximum Gasteiger partial charge on any atom is 0.499 e. The van der Waals surface area contributed by atoms with Crippen LogP contribution in [0.4, 0.5) is 33.5 Å². The van der Waals surface area contributed by atoms with Gasteiger partial charge in [0.2, 0.25) is 0 Å². The van der Waals surface area contributed by atoms with E-state index in [0.717, 1.165) is 56.0 Å². The maximum absolute atomic E-state index is 12.9. The first kappa shape index (κ1) is 21.3. The predicted molar refractivity (Wildman–Crippen MR) is 99.4 cm³/mol. The number of carbonyl (C=O) groups is 1. The second-order valence-electron chi connectivity index (χ2n) is 6.32. The molecule has 0 unspecified atom stereocenters. The van der Waals surface area contributed by atoms with Crippen LogP contribution in [0.25, 0.3) is 0 Å². The van der Waals surface area contributed by atoms with E-state index in [2.05, 4.69) is 35.9 Å². The third-order valence-electron chi connectivity index (χ3n) is 4.18. The second kappa shape index (κ2) is 8.13. The van der Waals surface area contributed by atoms with Gasteiger partial charge in [0.1, 0.15) is 11.6 Å². The number of alkyl halides is 5. The number of ether oxygens (including phenoxy) is 1. The van der Waals surface area contributed by atoms with Crippen LogP contribution in [-0.2, 0) is 0 Å². The Hall–Kier alpha value is -2.43. The highest BCUT2D eigenvalue weighted by molar-refractivity contribution is 9.10. The molecular weight excluding hydrogens is 465 g/mol. The zero-order valence-corrected chi connectivity index (χ0v) is 16.4. The Balaban J connectivity index is 1.65. The number of hydrogen-bond acceptors (Lipinski definition) is 4. The Labute approximate surface area is 171 Å². The highest BCUT2D eigenvalue weighted by atomic mass is 79.9. The fourth-order valence-corrected chi connectivity index (χ4v) is 3.33. The van der Waals surface area contributed by atoms with Crippen LogP contribution in [0, 0.1) is 0 Å². The molecule has 1 saturated heterocycles. The van der Waals surface area contributed by atoms with Gasteiger partial charge >= 0.3 is 12.3 Å². The van der Waals surface area contributed by atoms with Gasteiger partial charge in [0, 0.05) is 25.0 Å². The van der Waals surface area contributed by atoms with E-state index in [1.807, 2.05) is 0 Å². The maximum atomic E-state index is 12.9. The molecule has 1 fully saturated rings. The molecule has 156 valence electrons. The van der Waals surface area contributed by atoms with E-state index >= 15 is 0 Å². The summed E-state index contributed by atoms with van der Waals surface area (Å²) in [5, 5.41) is 2.52. The number of rotatable bonds is 5. The third kappa shape index (κ3) is 4.95. The van der Waals surface area contributed by atoms with Crippen molar-refractivity contribution in [3.05, 3.63) is 46.6 Å². The van der Waals surface area contributed by atoms with Crippen molar-refractivity contribution in [1.82, 2.24) is 4.98 Å². The van der Waals surface area contributed by atoms with Crippen LogP contribution in [-0.4, -0.2) is 36.3 Å². The van der Waals surface area contributed by atoms with Gasteiger partial charge in [-0.05, 0) is 59.1 Å². The number of nitrogens with one attached hydrogen (secondary N) is 1. The van der Waals surface area contributed by atoms with Crippen LogP contribution in [0.3, 0.4) is 0 Å². The summed E-state index contributed by atoms with van der Waals surface area (Å²) in [5.74, 6) is -0.462. The first-order valence-corrected chi connectivity index (χ1v) is 9.31. The summed E-state index contributed by atoms with van der Waals surface area (Å²) in [6.07, 6.45) is -7.58. The van der Waals surface area contributed by atoms with Gasteiger partial charge in [-0.15, -0.1) is 0 Å². The summed E-state index contributed by atoms with van der Waals surface area (Å²) in [5.41, 5.74) is 0.446. The molecule has 2 aromatic rings. The van der Waals surface area contributed by atoms with Crippen molar-refractivity contribution in [3.8, 4) is 5.75 Å². The van der Waals surface area contributed by atoms with Gasteiger partial charge in [0.15, 0.2) is 0 Å². The molecule has 1 aliphatic heterocycles. The van der Waals surface area contributed by atoms with Crippen LogP contribution >= 0.6 is 15.9 Å². The monoisotopic (exact) mass is 479 g/mol. The van der Waals surface area contributed by atoms with Crippen LogP contribution < -0.4 is 15.0 Å². The number of nitrogens with zero attached hydrogens (tertiary/aromatic N) is 2. The Morgan fingerprint density at radius 2 is 1.72 bits per heavy atom. The van der Waals surface area contributed by atoms with Crippen molar-refractivity contribution in [3.63, 3.8) is 0 Å². The molecule has 1 N–H and O–H groups in total.